The largest absolute Gasteiger partial charge is 0.465 e. The maximum absolute atomic E-state index is 12.1. The second-order valence-corrected chi connectivity index (χ2v) is 5.67. The van der Waals surface area contributed by atoms with Crippen molar-refractivity contribution in [1.29, 1.82) is 0 Å². The van der Waals surface area contributed by atoms with Gasteiger partial charge in [0.1, 0.15) is 6.04 Å². The predicted molar refractivity (Wildman–Crippen MR) is 77.7 cm³/mol. The van der Waals surface area contributed by atoms with Gasteiger partial charge in [-0.25, -0.2) is 0 Å². The molecule has 0 aromatic heterocycles. The van der Waals surface area contributed by atoms with Gasteiger partial charge in [-0.3, -0.25) is 9.69 Å². The first kappa shape index (κ1) is 15.7. The number of esters is 1. The minimum atomic E-state index is -0.130. The van der Waals surface area contributed by atoms with Crippen molar-refractivity contribution in [2.24, 2.45) is 0 Å². The minimum Gasteiger partial charge on any atom is -0.465 e. The Bertz CT molecular complexity index is 309. The third-order valence-electron chi connectivity index (χ3n) is 4.26. The van der Waals surface area contributed by atoms with Crippen LogP contribution in [0.25, 0.3) is 0 Å². The first-order valence-corrected chi connectivity index (χ1v) is 8.01. The molecule has 1 N–H and O–H groups in total. The van der Waals surface area contributed by atoms with Crippen molar-refractivity contribution < 1.29 is 14.3 Å². The van der Waals surface area contributed by atoms with Gasteiger partial charge in [0.2, 0.25) is 0 Å². The number of nitrogens with one attached hydrogen (secondary N) is 1. The Balaban J connectivity index is 1.97. The van der Waals surface area contributed by atoms with E-state index in [-0.39, 0.29) is 12.0 Å². The average molecular weight is 284 g/mol. The quantitative estimate of drug-likeness (QED) is 0.768. The molecule has 2 saturated heterocycles. The number of hydrogen-bond acceptors (Lipinski definition) is 5. The van der Waals surface area contributed by atoms with Crippen LogP contribution in [0, 0.1) is 0 Å². The van der Waals surface area contributed by atoms with Gasteiger partial charge >= 0.3 is 5.97 Å². The zero-order valence-electron chi connectivity index (χ0n) is 12.8. The molecule has 2 aliphatic heterocycles. The number of hydrogen-bond donors (Lipinski definition) is 1. The third-order valence-corrected chi connectivity index (χ3v) is 4.26. The van der Waals surface area contributed by atoms with E-state index in [1.54, 1.807) is 0 Å². The van der Waals surface area contributed by atoms with E-state index >= 15 is 0 Å². The van der Waals surface area contributed by atoms with Crippen LogP contribution in [0.5, 0.6) is 0 Å². The van der Waals surface area contributed by atoms with Gasteiger partial charge in [-0.15, -0.1) is 0 Å². The lowest BCUT2D eigenvalue weighted by Gasteiger charge is -2.43. The summed E-state index contributed by atoms with van der Waals surface area (Å²) in [6, 6.07) is 0.325. The molecule has 3 unspecified atom stereocenters. The van der Waals surface area contributed by atoms with Crippen LogP contribution in [0.1, 0.15) is 39.5 Å². The molecule has 5 nitrogen and oxygen atoms in total. The fraction of sp³-hybridized carbons (Fsp3) is 0.933. The molecule has 0 spiro atoms. The van der Waals surface area contributed by atoms with Gasteiger partial charge in [0.15, 0.2) is 0 Å². The Kier molecular flexibility index (Phi) is 6.26. The van der Waals surface area contributed by atoms with Crippen molar-refractivity contribution >= 4 is 5.97 Å². The highest BCUT2D eigenvalue weighted by molar-refractivity contribution is 5.76. The van der Waals surface area contributed by atoms with Crippen LogP contribution < -0.4 is 5.32 Å². The molecule has 0 bridgehead atoms. The van der Waals surface area contributed by atoms with Crippen LogP contribution in [0.3, 0.4) is 0 Å². The van der Waals surface area contributed by atoms with Gasteiger partial charge in [0.05, 0.1) is 12.7 Å². The van der Waals surface area contributed by atoms with Crippen molar-refractivity contribution in [3.8, 4) is 0 Å². The molecule has 0 saturated carbocycles. The fourth-order valence-electron chi connectivity index (χ4n) is 3.30. The molecule has 2 aliphatic rings. The van der Waals surface area contributed by atoms with Crippen LogP contribution in [0.15, 0.2) is 0 Å². The van der Waals surface area contributed by atoms with E-state index in [2.05, 4.69) is 17.1 Å². The van der Waals surface area contributed by atoms with Gasteiger partial charge in [-0.1, -0.05) is 13.3 Å². The van der Waals surface area contributed by atoms with Crippen molar-refractivity contribution in [3.05, 3.63) is 0 Å². The first-order valence-electron chi connectivity index (χ1n) is 8.01. The molecule has 2 fully saturated rings. The first-order chi connectivity index (χ1) is 9.76. The highest BCUT2D eigenvalue weighted by Gasteiger charge is 2.36. The SMILES string of the molecule is CCCC1CC(N2CCNCC2C(=O)OCC)CCO1. The summed E-state index contributed by atoms with van der Waals surface area (Å²) in [4.78, 5) is 14.5. The van der Waals surface area contributed by atoms with E-state index in [0.717, 1.165) is 45.4 Å². The summed E-state index contributed by atoms with van der Waals surface area (Å²) in [7, 11) is 0. The van der Waals surface area contributed by atoms with Crippen molar-refractivity contribution in [3.63, 3.8) is 0 Å². The summed E-state index contributed by atoms with van der Waals surface area (Å²) in [5.74, 6) is -0.0850. The van der Waals surface area contributed by atoms with E-state index in [1.165, 1.54) is 0 Å². The van der Waals surface area contributed by atoms with E-state index in [1.807, 2.05) is 6.92 Å². The number of carbonyl (C=O) groups is 1. The maximum atomic E-state index is 12.1. The molecule has 0 aliphatic carbocycles. The Morgan fingerprint density at radius 2 is 2.30 bits per heavy atom. The molecule has 2 rings (SSSR count). The smallest absolute Gasteiger partial charge is 0.324 e. The second kappa shape index (κ2) is 7.96. The Morgan fingerprint density at radius 1 is 1.45 bits per heavy atom. The molecule has 0 aromatic rings. The Hall–Kier alpha value is -0.650. The van der Waals surface area contributed by atoms with E-state index in [4.69, 9.17) is 9.47 Å². The van der Waals surface area contributed by atoms with Crippen LogP contribution >= 0.6 is 0 Å². The highest BCUT2D eigenvalue weighted by atomic mass is 16.5. The molecular weight excluding hydrogens is 256 g/mol. The summed E-state index contributed by atoms with van der Waals surface area (Å²) in [5, 5.41) is 3.31. The van der Waals surface area contributed by atoms with E-state index in [9.17, 15) is 4.79 Å². The monoisotopic (exact) mass is 284 g/mol. The molecule has 2 heterocycles. The summed E-state index contributed by atoms with van der Waals surface area (Å²) in [5.41, 5.74) is 0. The lowest BCUT2D eigenvalue weighted by atomic mass is 9.96. The summed E-state index contributed by atoms with van der Waals surface area (Å²) < 4.78 is 11.0. The van der Waals surface area contributed by atoms with Gasteiger partial charge in [0.25, 0.3) is 0 Å². The summed E-state index contributed by atoms with van der Waals surface area (Å²) in [6.07, 6.45) is 4.70. The van der Waals surface area contributed by atoms with Crippen LogP contribution in [0.4, 0.5) is 0 Å². The number of carbonyl (C=O) groups excluding carboxylic acids is 1. The summed E-state index contributed by atoms with van der Waals surface area (Å²) in [6.45, 7) is 7.90. The highest BCUT2D eigenvalue weighted by Crippen LogP contribution is 2.24. The van der Waals surface area contributed by atoms with Crippen LogP contribution in [0.2, 0.25) is 0 Å². The van der Waals surface area contributed by atoms with Gasteiger partial charge < -0.3 is 14.8 Å². The molecule has 20 heavy (non-hydrogen) atoms. The van der Waals surface area contributed by atoms with Gasteiger partial charge in [-0.2, -0.15) is 0 Å². The zero-order chi connectivity index (χ0) is 14.4. The Morgan fingerprint density at radius 3 is 3.05 bits per heavy atom. The van der Waals surface area contributed by atoms with E-state index < -0.39 is 0 Å². The van der Waals surface area contributed by atoms with Gasteiger partial charge in [-0.05, 0) is 26.2 Å². The molecule has 5 heteroatoms. The van der Waals surface area contributed by atoms with Crippen molar-refractivity contribution in [2.45, 2.75) is 57.7 Å². The fourth-order valence-corrected chi connectivity index (χ4v) is 3.30. The normalized spacial score (nSPS) is 32.0. The topological polar surface area (TPSA) is 50.8 Å². The van der Waals surface area contributed by atoms with Gasteiger partial charge in [0, 0.05) is 32.3 Å². The zero-order valence-corrected chi connectivity index (χ0v) is 12.8. The predicted octanol–water partition coefficient (Wildman–Crippen LogP) is 1.17. The molecular formula is C15H28N2O3. The molecule has 0 radical (unpaired) electrons. The average Bonchev–Trinajstić information content (AvgIpc) is 2.48. The second-order valence-electron chi connectivity index (χ2n) is 5.67. The van der Waals surface area contributed by atoms with E-state index in [0.29, 0.717) is 25.3 Å². The molecule has 0 aromatic carbocycles. The Labute approximate surface area is 122 Å². The maximum Gasteiger partial charge on any atom is 0.324 e. The number of rotatable bonds is 5. The lowest BCUT2D eigenvalue weighted by molar-refractivity contribution is -0.153. The summed E-state index contributed by atoms with van der Waals surface area (Å²) >= 11 is 0. The molecule has 0 amide bonds. The molecule has 3 atom stereocenters. The van der Waals surface area contributed by atoms with Crippen molar-refractivity contribution in [1.82, 2.24) is 10.2 Å². The van der Waals surface area contributed by atoms with Crippen LogP contribution in [-0.2, 0) is 14.3 Å². The number of nitrogens with zero attached hydrogens (tertiary/aromatic N) is 1. The number of ether oxygens (including phenoxy) is 2. The van der Waals surface area contributed by atoms with Crippen LogP contribution in [-0.4, -0.2) is 61.9 Å². The minimum absolute atomic E-state index is 0.0850. The molecule has 116 valence electrons. The van der Waals surface area contributed by atoms with Crippen molar-refractivity contribution in [2.75, 3.05) is 32.8 Å². The lowest BCUT2D eigenvalue weighted by Crippen LogP contribution is -2.60. The standard InChI is InChI=1S/C15H28N2O3/c1-3-5-13-10-12(6-9-20-13)17-8-7-16-11-14(17)15(18)19-4-2/h12-14,16H,3-11H2,1-2H3. The number of piperazine rings is 1. The third kappa shape index (κ3) is 3.93.